The summed E-state index contributed by atoms with van der Waals surface area (Å²) in [6, 6.07) is 12.0. The standard InChI is InChI=1S/C27H28N4O4/c1-27(2,3)31-23-11-12-29(16-19(23)14-28-31)24(32)18-7-10-21-22(13-18)26(34)30(25(21)33)15-17-5-8-20(35-4)9-6-17/h5-10,13-14H,11-12,15-16H2,1-4H3. The highest BCUT2D eigenvalue weighted by molar-refractivity contribution is 6.22. The number of carbonyl (C=O) groups is 3. The average Bonchev–Trinajstić information content (AvgIpc) is 3.38. The maximum absolute atomic E-state index is 13.3. The van der Waals surface area contributed by atoms with Gasteiger partial charge in [0, 0.05) is 36.3 Å². The van der Waals surface area contributed by atoms with Gasteiger partial charge in [-0.25, -0.2) is 0 Å². The molecule has 0 radical (unpaired) electrons. The first-order valence-corrected chi connectivity index (χ1v) is 11.7. The molecule has 3 amide bonds. The molecule has 35 heavy (non-hydrogen) atoms. The van der Waals surface area contributed by atoms with Crippen LogP contribution in [0, 0.1) is 0 Å². The van der Waals surface area contributed by atoms with Crippen LogP contribution >= 0.6 is 0 Å². The molecule has 0 atom stereocenters. The average molecular weight is 473 g/mol. The highest BCUT2D eigenvalue weighted by atomic mass is 16.5. The number of rotatable bonds is 4. The van der Waals surface area contributed by atoms with Crippen molar-refractivity contribution in [2.75, 3.05) is 13.7 Å². The van der Waals surface area contributed by atoms with Gasteiger partial charge in [0.25, 0.3) is 17.7 Å². The number of fused-ring (bicyclic) bond motifs is 2. The number of imide groups is 1. The number of nitrogens with zero attached hydrogens (tertiary/aromatic N) is 4. The fraction of sp³-hybridized carbons (Fsp3) is 0.333. The third kappa shape index (κ3) is 3.99. The van der Waals surface area contributed by atoms with Gasteiger partial charge in [0.15, 0.2) is 0 Å². The SMILES string of the molecule is COc1ccc(CN2C(=O)c3ccc(C(=O)N4CCc5c(cnn5C(C)(C)C)C4)cc3C2=O)cc1. The number of carbonyl (C=O) groups excluding carboxylic acids is 3. The fourth-order valence-electron chi connectivity index (χ4n) is 4.75. The van der Waals surface area contributed by atoms with E-state index in [0.717, 1.165) is 23.2 Å². The highest BCUT2D eigenvalue weighted by Gasteiger charge is 2.36. The number of benzene rings is 2. The Morgan fingerprint density at radius 2 is 1.74 bits per heavy atom. The van der Waals surface area contributed by atoms with Gasteiger partial charge in [0.05, 0.1) is 36.5 Å². The molecular weight excluding hydrogens is 444 g/mol. The van der Waals surface area contributed by atoms with Crippen LogP contribution in [0.15, 0.2) is 48.7 Å². The van der Waals surface area contributed by atoms with E-state index < -0.39 is 0 Å². The molecule has 3 heterocycles. The first-order chi connectivity index (χ1) is 16.7. The summed E-state index contributed by atoms with van der Waals surface area (Å²) in [6.07, 6.45) is 2.55. The van der Waals surface area contributed by atoms with Gasteiger partial charge in [-0.3, -0.25) is 24.0 Å². The lowest BCUT2D eigenvalue weighted by molar-refractivity contribution is 0.0641. The second kappa shape index (κ2) is 8.37. The summed E-state index contributed by atoms with van der Waals surface area (Å²) in [5.41, 5.74) is 3.90. The summed E-state index contributed by atoms with van der Waals surface area (Å²) >= 11 is 0. The minimum atomic E-state index is -0.386. The van der Waals surface area contributed by atoms with Crippen LogP contribution in [0.3, 0.4) is 0 Å². The Kier molecular flexibility index (Phi) is 5.46. The molecule has 5 rings (SSSR count). The first-order valence-electron chi connectivity index (χ1n) is 11.7. The van der Waals surface area contributed by atoms with Crippen LogP contribution in [-0.2, 0) is 25.0 Å². The number of methoxy groups -OCH3 is 1. The Morgan fingerprint density at radius 3 is 2.43 bits per heavy atom. The van der Waals surface area contributed by atoms with Crippen LogP contribution in [0.5, 0.6) is 5.75 Å². The first kappa shape index (κ1) is 22.8. The molecule has 0 bridgehead atoms. The Bertz CT molecular complexity index is 1330. The van der Waals surface area contributed by atoms with Crippen LogP contribution in [0.2, 0.25) is 0 Å². The summed E-state index contributed by atoms with van der Waals surface area (Å²) < 4.78 is 7.19. The van der Waals surface area contributed by atoms with Crippen LogP contribution in [-0.4, -0.2) is 51.0 Å². The monoisotopic (exact) mass is 472 g/mol. The van der Waals surface area contributed by atoms with Gasteiger partial charge in [-0.2, -0.15) is 5.10 Å². The smallest absolute Gasteiger partial charge is 0.261 e. The van der Waals surface area contributed by atoms with E-state index >= 15 is 0 Å². The maximum Gasteiger partial charge on any atom is 0.261 e. The van der Waals surface area contributed by atoms with Crippen LogP contribution < -0.4 is 4.74 Å². The maximum atomic E-state index is 13.3. The molecule has 0 fully saturated rings. The molecule has 0 aliphatic carbocycles. The summed E-state index contributed by atoms with van der Waals surface area (Å²) in [7, 11) is 1.58. The van der Waals surface area contributed by atoms with Crippen LogP contribution in [0.1, 0.15) is 68.7 Å². The third-order valence-corrected chi connectivity index (χ3v) is 6.58. The van der Waals surface area contributed by atoms with Crippen LogP contribution in [0.4, 0.5) is 0 Å². The van der Waals surface area contributed by atoms with Crippen molar-refractivity contribution in [3.63, 3.8) is 0 Å². The molecule has 0 unspecified atom stereocenters. The number of hydrogen-bond acceptors (Lipinski definition) is 5. The summed E-state index contributed by atoms with van der Waals surface area (Å²) in [6.45, 7) is 7.53. The molecule has 2 aromatic carbocycles. The van der Waals surface area contributed by atoms with Crippen molar-refractivity contribution in [3.05, 3.63) is 82.2 Å². The molecule has 8 heteroatoms. The lowest BCUT2D eigenvalue weighted by Gasteiger charge is -2.30. The zero-order chi connectivity index (χ0) is 24.9. The normalized spacial score (nSPS) is 15.3. The number of hydrogen-bond donors (Lipinski definition) is 0. The van der Waals surface area contributed by atoms with E-state index in [-0.39, 0.29) is 35.4 Å². The molecule has 0 N–H and O–H groups in total. The molecule has 0 saturated carbocycles. The largest absolute Gasteiger partial charge is 0.497 e. The Hall–Kier alpha value is -3.94. The lowest BCUT2D eigenvalue weighted by Crippen LogP contribution is -2.37. The van der Waals surface area contributed by atoms with E-state index in [9.17, 15) is 14.4 Å². The molecule has 0 saturated heterocycles. The third-order valence-electron chi connectivity index (χ3n) is 6.58. The molecule has 2 aliphatic heterocycles. The molecule has 2 aliphatic rings. The number of aromatic nitrogens is 2. The second-order valence-electron chi connectivity index (χ2n) is 9.98. The van der Waals surface area contributed by atoms with Crippen molar-refractivity contribution in [1.29, 1.82) is 0 Å². The minimum absolute atomic E-state index is 0.121. The molecule has 8 nitrogen and oxygen atoms in total. The topological polar surface area (TPSA) is 84.7 Å². The van der Waals surface area contributed by atoms with Gasteiger partial charge in [-0.05, 0) is 56.7 Å². The van der Waals surface area contributed by atoms with E-state index in [0.29, 0.717) is 30.0 Å². The van der Waals surface area contributed by atoms with E-state index in [1.807, 2.05) is 23.0 Å². The van der Waals surface area contributed by atoms with E-state index in [4.69, 9.17) is 4.74 Å². The number of amides is 3. The van der Waals surface area contributed by atoms with Gasteiger partial charge in [0.1, 0.15) is 5.75 Å². The van der Waals surface area contributed by atoms with Crippen molar-refractivity contribution >= 4 is 17.7 Å². The van der Waals surface area contributed by atoms with E-state index in [1.54, 1.807) is 42.3 Å². The van der Waals surface area contributed by atoms with E-state index in [2.05, 4.69) is 25.9 Å². The Labute approximate surface area is 204 Å². The summed E-state index contributed by atoms with van der Waals surface area (Å²) in [5.74, 6) is -0.189. The molecule has 180 valence electrons. The predicted octanol–water partition coefficient (Wildman–Crippen LogP) is 3.64. The fourth-order valence-corrected chi connectivity index (χ4v) is 4.75. The molecular formula is C27H28N4O4. The van der Waals surface area contributed by atoms with E-state index in [1.165, 1.54) is 4.90 Å². The van der Waals surface area contributed by atoms with Crippen molar-refractivity contribution in [3.8, 4) is 5.75 Å². The molecule has 3 aromatic rings. The zero-order valence-electron chi connectivity index (χ0n) is 20.4. The Morgan fingerprint density at radius 1 is 1.03 bits per heavy atom. The quantitative estimate of drug-likeness (QED) is 0.542. The summed E-state index contributed by atoms with van der Waals surface area (Å²) in [4.78, 5) is 42.3. The van der Waals surface area contributed by atoms with Crippen molar-refractivity contribution in [2.24, 2.45) is 0 Å². The van der Waals surface area contributed by atoms with Crippen molar-refractivity contribution < 1.29 is 19.1 Å². The summed E-state index contributed by atoms with van der Waals surface area (Å²) in [5, 5.41) is 4.54. The van der Waals surface area contributed by atoms with Gasteiger partial charge < -0.3 is 9.64 Å². The van der Waals surface area contributed by atoms with Gasteiger partial charge in [-0.1, -0.05) is 12.1 Å². The predicted molar refractivity (Wildman–Crippen MR) is 129 cm³/mol. The van der Waals surface area contributed by atoms with Gasteiger partial charge in [-0.15, -0.1) is 0 Å². The lowest BCUT2D eigenvalue weighted by atomic mass is 10.0. The number of ether oxygens (including phenoxy) is 1. The highest BCUT2D eigenvalue weighted by Crippen LogP contribution is 2.29. The minimum Gasteiger partial charge on any atom is -0.497 e. The second-order valence-corrected chi connectivity index (χ2v) is 9.98. The Balaban J connectivity index is 1.34. The molecule has 1 aromatic heterocycles. The molecule has 0 spiro atoms. The van der Waals surface area contributed by atoms with Crippen molar-refractivity contribution in [2.45, 2.75) is 45.8 Å². The van der Waals surface area contributed by atoms with Gasteiger partial charge in [0.2, 0.25) is 0 Å². The van der Waals surface area contributed by atoms with Crippen LogP contribution in [0.25, 0.3) is 0 Å². The van der Waals surface area contributed by atoms with Crippen molar-refractivity contribution in [1.82, 2.24) is 19.6 Å². The zero-order valence-corrected chi connectivity index (χ0v) is 20.4. The van der Waals surface area contributed by atoms with Gasteiger partial charge >= 0.3 is 0 Å².